The molecule has 2 aliphatic heterocycles. The molecule has 0 spiro atoms. The zero-order chi connectivity index (χ0) is 18.7. The van der Waals surface area contributed by atoms with Crippen LogP contribution in [0, 0.1) is 5.92 Å². The Balaban J connectivity index is 1.53. The third-order valence-corrected chi connectivity index (χ3v) is 4.53. The van der Waals surface area contributed by atoms with Crippen molar-refractivity contribution in [1.82, 2.24) is 10.2 Å². The predicted molar refractivity (Wildman–Crippen MR) is 91.4 cm³/mol. The molecule has 9 nitrogen and oxygen atoms in total. The number of hydrogen-bond donors (Lipinski definition) is 3. The highest BCUT2D eigenvalue weighted by Gasteiger charge is 2.33. The zero-order valence-electron chi connectivity index (χ0n) is 14.4. The van der Waals surface area contributed by atoms with Crippen molar-refractivity contribution in [2.75, 3.05) is 31.6 Å². The Morgan fingerprint density at radius 3 is 2.65 bits per heavy atom. The molecular weight excluding hydrogens is 342 g/mol. The highest BCUT2D eigenvalue weighted by molar-refractivity contribution is 6.02. The van der Waals surface area contributed by atoms with Gasteiger partial charge in [-0.15, -0.1) is 0 Å². The summed E-state index contributed by atoms with van der Waals surface area (Å²) in [6.45, 7) is 3.37. The number of imide groups is 1. The smallest absolute Gasteiger partial charge is 0.325 e. The number of rotatable bonds is 4. The van der Waals surface area contributed by atoms with Crippen molar-refractivity contribution in [3.63, 3.8) is 0 Å². The zero-order valence-corrected chi connectivity index (χ0v) is 14.4. The van der Waals surface area contributed by atoms with Gasteiger partial charge in [0.25, 0.3) is 0 Å². The Kier molecular flexibility index (Phi) is 5.27. The van der Waals surface area contributed by atoms with Crippen LogP contribution in [-0.4, -0.2) is 60.3 Å². The van der Waals surface area contributed by atoms with Crippen LogP contribution in [0.1, 0.15) is 13.3 Å². The summed E-state index contributed by atoms with van der Waals surface area (Å²) in [6, 6.07) is 3.71. The summed E-state index contributed by atoms with van der Waals surface area (Å²) < 4.78 is 10.9. The van der Waals surface area contributed by atoms with E-state index in [9.17, 15) is 14.4 Å². The summed E-state index contributed by atoms with van der Waals surface area (Å²) in [5.41, 5.74) is 0.472. The standard InChI is InChI=1S/C17H21N3O6/c1-10(20-5-4-11(9-20)16(22)23)15(21)19-17(24)18-12-2-3-13-14(8-12)26-7-6-25-13/h2-3,8,10-11H,4-7,9H2,1H3,(H,22,23)(H2,18,19,21,24). The number of carbonyl (C=O) groups excluding carboxylic acids is 2. The summed E-state index contributed by atoms with van der Waals surface area (Å²) in [5, 5.41) is 13.9. The van der Waals surface area contributed by atoms with Crippen LogP contribution in [0.5, 0.6) is 11.5 Å². The number of amides is 3. The largest absolute Gasteiger partial charge is 0.486 e. The molecule has 3 amide bonds. The van der Waals surface area contributed by atoms with Gasteiger partial charge in [-0.2, -0.15) is 0 Å². The van der Waals surface area contributed by atoms with Gasteiger partial charge < -0.3 is 19.9 Å². The van der Waals surface area contributed by atoms with Gasteiger partial charge in [0.2, 0.25) is 5.91 Å². The van der Waals surface area contributed by atoms with Crippen LogP contribution in [0.4, 0.5) is 10.5 Å². The number of carboxylic acids is 1. The maximum Gasteiger partial charge on any atom is 0.325 e. The Morgan fingerprint density at radius 1 is 1.23 bits per heavy atom. The van der Waals surface area contributed by atoms with Crippen LogP contribution in [0.3, 0.4) is 0 Å². The average molecular weight is 363 g/mol. The van der Waals surface area contributed by atoms with E-state index in [2.05, 4.69) is 10.6 Å². The molecule has 0 bridgehead atoms. The maximum absolute atomic E-state index is 12.2. The van der Waals surface area contributed by atoms with Crippen molar-refractivity contribution in [3.05, 3.63) is 18.2 Å². The van der Waals surface area contributed by atoms with Gasteiger partial charge in [-0.05, 0) is 32.0 Å². The van der Waals surface area contributed by atoms with Gasteiger partial charge in [0, 0.05) is 18.3 Å². The number of nitrogens with zero attached hydrogens (tertiary/aromatic N) is 1. The molecule has 0 saturated carbocycles. The molecule has 0 aromatic heterocycles. The Hall–Kier alpha value is -2.81. The van der Waals surface area contributed by atoms with Gasteiger partial charge in [-0.3, -0.25) is 19.8 Å². The molecule has 140 valence electrons. The lowest BCUT2D eigenvalue weighted by Crippen LogP contribution is -2.47. The number of hydrogen-bond acceptors (Lipinski definition) is 6. The van der Waals surface area contributed by atoms with Crippen molar-refractivity contribution >= 4 is 23.6 Å². The fourth-order valence-electron chi connectivity index (χ4n) is 3.01. The van der Waals surface area contributed by atoms with Crippen molar-refractivity contribution < 1.29 is 29.0 Å². The van der Waals surface area contributed by atoms with Gasteiger partial charge >= 0.3 is 12.0 Å². The van der Waals surface area contributed by atoms with E-state index in [0.29, 0.717) is 49.9 Å². The van der Waals surface area contributed by atoms with Gasteiger partial charge in [-0.25, -0.2) is 4.79 Å². The van der Waals surface area contributed by atoms with Crippen LogP contribution < -0.4 is 20.1 Å². The van der Waals surface area contributed by atoms with Crippen molar-refractivity contribution in [2.24, 2.45) is 5.92 Å². The number of urea groups is 1. The lowest BCUT2D eigenvalue weighted by molar-refractivity contribution is -0.141. The molecule has 1 aromatic carbocycles. The number of aliphatic carboxylic acids is 1. The Morgan fingerprint density at radius 2 is 1.96 bits per heavy atom. The first-order valence-corrected chi connectivity index (χ1v) is 8.42. The molecule has 2 heterocycles. The van der Waals surface area contributed by atoms with Gasteiger partial charge in [-0.1, -0.05) is 0 Å². The monoisotopic (exact) mass is 363 g/mol. The molecule has 1 aromatic rings. The number of benzene rings is 1. The molecule has 1 fully saturated rings. The van der Waals surface area contributed by atoms with E-state index >= 15 is 0 Å². The Labute approximate surface area is 150 Å². The normalized spacial score (nSPS) is 20.3. The fraction of sp³-hybridized carbons (Fsp3) is 0.471. The quantitative estimate of drug-likeness (QED) is 0.727. The highest BCUT2D eigenvalue weighted by Crippen LogP contribution is 2.32. The number of nitrogens with one attached hydrogen (secondary N) is 2. The molecule has 3 rings (SSSR count). The second-order valence-electron chi connectivity index (χ2n) is 6.30. The lowest BCUT2D eigenvalue weighted by Gasteiger charge is -2.23. The highest BCUT2D eigenvalue weighted by atomic mass is 16.6. The average Bonchev–Trinajstić information content (AvgIpc) is 3.11. The van der Waals surface area contributed by atoms with Crippen LogP contribution in [0.25, 0.3) is 0 Å². The van der Waals surface area contributed by atoms with Crippen LogP contribution in [-0.2, 0) is 9.59 Å². The van der Waals surface area contributed by atoms with Crippen molar-refractivity contribution in [1.29, 1.82) is 0 Å². The van der Waals surface area contributed by atoms with E-state index in [1.807, 2.05) is 0 Å². The number of ether oxygens (including phenoxy) is 2. The first-order valence-electron chi connectivity index (χ1n) is 8.42. The summed E-state index contributed by atoms with van der Waals surface area (Å²) in [7, 11) is 0. The molecule has 26 heavy (non-hydrogen) atoms. The first kappa shape index (κ1) is 18.0. The third kappa shape index (κ3) is 4.05. The van der Waals surface area contributed by atoms with Crippen LogP contribution in [0.2, 0.25) is 0 Å². The van der Waals surface area contributed by atoms with Crippen LogP contribution >= 0.6 is 0 Å². The summed E-state index contributed by atoms with van der Waals surface area (Å²) >= 11 is 0. The molecule has 9 heteroatoms. The van der Waals surface area contributed by atoms with Gasteiger partial charge in [0.1, 0.15) is 13.2 Å². The van der Waals surface area contributed by atoms with Gasteiger partial charge in [0.05, 0.1) is 12.0 Å². The molecular formula is C17H21N3O6. The number of carboxylic acid groups (broad SMARTS) is 1. The summed E-state index contributed by atoms with van der Waals surface area (Å²) in [5.74, 6) is -0.682. The third-order valence-electron chi connectivity index (χ3n) is 4.53. The second-order valence-corrected chi connectivity index (χ2v) is 6.30. The van der Waals surface area contributed by atoms with E-state index in [1.54, 1.807) is 30.0 Å². The summed E-state index contributed by atoms with van der Waals surface area (Å²) in [6.07, 6.45) is 0.496. The number of fused-ring (bicyclic) bond motifs is 1. The molecule has 0 radical (unpaired) electrons. The van der Waals surface area contributed by atoms with Crippen molar-refractivity contribution in [2.45, 2.75) is 19.4 Å². The minimum Gasteiger partial charge on any atom is -0.486 e. The van der Waals surface area contributed by atoms with Gasteiger partial charge in [0.15, 0.2) is 11.5 Å². The molecule has 0 aliphatic carbocycles. The van der Waals surface area contributed by atoms with E-state index in [0.717, 1.165) is 0 Å². The minimum atomic E-state index is -0.864. The predicted octanol–water partition coefficient (Wildman–Crippen LogP) is 0.901. The van der Waals surface area contributed by atoms with E-state index in [-0.39, 0.29) is 0 Å². The van der Waals surface area contributed by atoms with E-state index in [1.165, 1.54) is 0 Å². The Bertz CT molecular complexity index is 722. The number of anilines is 1. The second kappa shape index (κ2) is 7.61. The number of likely N-dealkylation sites (tertiary alicyclic amines) is 1. The minimum absolute atomic E-state index is 0.299. The van der Waals surface area contributed by atoms with E-state index < -0.39 is 29.9 Å². The molecule has 2 atom stereocenters. The fourth-order valence-corrected chi connectivity index (χ4v) is 3.01. The maximum atomic E-state index is 12.2. The summed E-state index contributed by atoms with van der Waals surface area (Å²) in [4.78, 5) is 37.1. The first-order chi connectivity index (χ1) is 12.4. The molecule has 3 N–H and O–H groups in total. The van der Waals surface area contributed by atoms with Crippen LogP contribution in [0.15, 0.2) is 18.2 Å². The molecule has 1 saturated heterocycles. The molecule has 2 aliphatic rings. The topological polar surface area (TPSA) is 117 Å². The van der Waals surface area contributed by atoms with Crippen molar-refractivity contribution in [3.8, 4) is 11.5 Å². The SMILES string of the molecule is CC(C(=O)NC(=O)Nc1ccc2c(c1)OCCO2)N1CCC(C(=O)O)C1. The number of carbonyl (C=O) groups is 3. The lowest BCUT2D eigenvalue weighted by atomic mass is 10.1. The molecule has 2 unspecified atom stereocenters. The van der Waals surface area contributed by atoms with E-state index in [4.69, 9.17) is 14.6 Å².